The van der Waals surface area contributed by atoms with E-state index in [4.69, 9.17) is 9.84 Å². The van der Waals surface area contributed by atoms with Gasteiger partial charge in [0.25, 0.3) is 5.91 Å². The van der Waals surface area contributed by atoms with E-state index in [1.54, 1.807) is 34.7 Å². The standard InChI is InChI=1S/C16H16N2O4S/c19-15(18-6-5-11(7-18)16(20)21)13-3-1-2-4-14(13)22-8-12-9-23-10-17-12/h1-4,9-11H,5-8H2,(H,20,21)/t11-/m0/s1. The third kappa shape index (κ3) is 3.50. The van der Waals surface area contributed by atoms with Gasteiger partial charge in [-0.2, -0.15) is 0 Å². The predicted molar refractivity (Wildman–Crippen MR) is 84.5 cm³/mol. The molecule has 7 heteroatoms. The molecule has 1 aliphatic heterocycles. The van der Waals surface area contributed by atoms with Crippen molar-refractivity contribution in [3.8, 4) is 5.75 Å². The molecule has 1 amide bonds. The van der Waals surface area contributed by atoms with Crippen molar-refractivity contribution in [2.24, 2.45) is 5.92 Å². The van der Waals surface area contributed by atoms with Gasteiger partial charge in [-0.3, -0.25) is 9.59 Å². The van der Waals surface area contributed by atoms with Crippen molar-refractivity contribution in [3.05, 3.63) is 46.4 Å². The lowest BCUT2D eigenvalue weighted by Gasteiger charge is -2.18. The number of rotatable bonds is 5. The van der Waals surface area contributed by atoms with Gasteiger partial charge >= 0.3 is 5.97 Å². The van der Waals surface area contributed by atoms with Crippen molar-refractivity contribution in [3.63, 3.8) is 0 Å². The molecule has 0 saturated carbocycles. The molecule has 6 nitrogen and oxygen atoms in total. The van der Waals surface area contributed by atoms with Crippen LogP contribution in [0.3, 0.4) is 0 Å². The number of amides is 1. The van der Waals surface area contributed by atoms with Crippen molar-refractivity contribution < 1.29 is 19.4 Å². The van der Waals surface area contributed by atoms with Crippen LogP contribution in [0.15, 0.2) is 35.2 Å². The molecule has 1 aromatic heterocycles. The molecule has 2 aromatic rings. The maximum atomic E-state index is 12.6. The summed E-state index contributed by atoms with van der Waals surface area (Å²) in [5.41, 5.74) is 2.99. The average molecular weight is 332 g/mol. The fourth-order valence-electron chi connectivity index (χ4n) is 2.55. The number of hydrogen-bond acceptors (Lipinski definition) is 5. The number of ether oxygens (including phenoxy) is 1. The minimum atomic E-state index is -0.853. The predicted octanol–water partition coefficient (Wildman–Crippen LogP) is 2.27. The third-order valence-electron chi connectivity index (χ3n) is 3.80. The first-order valence-corrected chi connectivity index (χ1v) is 8.20. The van der Waals surface area contributed by atoms with Crippen LogP contribution in [0.1, 0.15) is 22.5 Å². The second kappa shape index (κ2) is 6.78. The number of para-hydroxylation sites is 1. The molecule has 1 aromatic carbocycles. The van der Waals surface area contributed by atoms with Crippen LogP contribution >= 0.6 is 11.3 Å². The Morgan fingerprint density at radius 1 is 1.39 bits per heavy atom. The zero-order valence-corrected chi connectivity index (χ0v) is 13.2. The topological polar surface area (TPSA) is 79.7 Å². The number of aliphatic carboxylic acids is 1. The van der Waals surface area contributed by atoms with Gasteiger partial charge in [0.15, 0.2) is 0 Å². The highest BCUT2D eigenvalue weighted by Gasteiger charge is 2.32. The van der Waals surface area contributed by atoms with Crippen molar-refractivity contribution in [2.75, 3.05) is 13.1 Å². The number of aromatic nitrogens is 1. The van der Waals surface area contributed by atoms with Crippen LogP contribution in [-0.4, -0.2) is 40.0 Å². The quantitative estimate of drug-likeness (QED) is 0.908. The van der Waals surface area contributed by atoms with Crippen molar-refractivity contribution in [1.82, 2.24) is 9.88 Å². The molecule has 0 radical (unpaired) electrons. The number of carboxylic acid groups (broad SMARTS) is 1. The highest BCUT2D eigenvalue weighted by molar-refractivity contribution is 7.07. The van der Waals surface area contributed by atoms with Crippen molar-refractivity contribution >= 4 is 23.2 Å². The Bertz CT molecular complexity index is 702. The van der Waals surface area contributed by atoms with Gasteiger partial charge < -0.3 is 14.7 Å². The summed E-state index contributed by atoms with van der Waals surface area (Å²) in [5.74, 6) is -1.04. The molecule has 1 N–H and O–H groups in total. The number of nitrogens with zero attached hydrogens (tertiary/aromatic N) is 2. The molecule has 3 rings (SSSR count). The van der Waals surface area contributed by atoms with E-state index in [9.17, 15) is 9.59 Å². The van der Waals surface area contributed by atoms with Crippen LogP contribution in [0.4, 0.5) is 0 Å². The van der Waals surface area contributed by atoms with E-state index < -0.39 is 11.9 Å². The summed E-state index contributed by atoms with van der Waals surface area (Å²) in [4.78, 5) is 29.4. The van der Waals surface area contributed by atoms with Crippen molar-refractivity contribution in [2.45, 2.75) is 13.0 Å². The lowest BCUT2D eigenvalue weighted by molar-refractivity contribution is -0.141. The van der Waals surface area contributed by atoms with E-state index in [0.717, 1.165) is 5.69 Å². The molecule has 1 fully saturated rings. The Kier molecular flexibility index (Phi) is 4.57. The fraction of sp³-hybridized carbons (Fsp3) is 0.312. The van der Waals surface area contributed by atoms with E-state index >= 15 is 0 Å². The first-order chi connectivity index (χ1) is 11.1. The lowest BCUT2D eigenvalue weighted by Crippen LogP contribution is -2.30. The lowest BCUT2D eigenvalue weighted by atomic mass is 10.1. The Morgan fingerprint density at radius 3 is 2.91 bits per heavy atom. The molecule has 0 unspecified atom stereocenters. The summed E-state index contributed by atoms with van der Waals surface area (Å²) in [6.45, 7) is 0.996. The van der Waals surface area contributed by atoms with Crippen LogP contribution < -0.4 is 4.74 Å². The van der Waals surface area contributed by atoms with Gasteiger partial charge in [-0.15, -0.1) is 11.3 Å². The summed E-state index contributed by atoms with van der Waals surface area (Å²) in [6, 6.07) is 7.02. The number of carbonyl (C=O) groups is 2. The van der Waals surface area contributed by atoms with E-state index in [2.05, 4.69) is 4.98 Å². The molecule has 0 spiro atoms. The molecule has 2 heterocycles. The second-order valence-electron chi connectivity index (χ2n) is 5.34. The highest BCUT2D eigenvalue weighted by Crippen LogP contribution is 2.25. The first-order valence-electron chi connectivity index (χ1n) is 7.26. The minimum absolute atomic E-state index is 0.192. The van der Waals surface area contributed by atoms with Crippen LogP contribution in [0.2, 0.25) is 0 Å². The third-order valence-corrected chi connectivity index (χ3v) is 4.44. The SMILES string of the molecule is O=C(O)[C@H]1CCN(C(=O)c2ccccc2OCc2cscn2)C1. The Balaban J connectivity index is 1.72. The van der Waals surface area contributed by atoms with E-state index in [0.29, 0.717) is 30.9 Å². The maximum Gasteiger partial charge on any atom is 0.308 e. The van der Waals surface area contributed by atoms with Crippen LogP contribution in [-0.2, 0) is 11.4 Å². The van der Waals surface area contributed by atoms with Crippen LogP contribution in [0.25, 0.3) is 0 Å². The summed E-state index contributed by atoms with van der Waals surface area (Å²) in [6.07, 6.45) is 0.489. The Hall–Kier alpha value is -2.41. The molecule has 23 heavy (non-hydrogen) atoms. The van der Waals surface area contributed by atoms with E-state index in [1.165, 1.54) is 11.3 Å². The molecular weight excluding hydrogens is 316 g/mol. The Labute approximate surface area is 137 Å². The summed E-state index contributed by atoms with van der Waals surface area (Å²) in [7, 11) is 0. The largest absolute Gasteiger partial charge is 0.486 e. The van der Waals surface area contributed by atoms with Gasteiger partial charge in [0.2, 0.25) is 0 Å². The summed E-state index contributed by atoms with van der Waals surface area (Å²) in [5, 5.41) is 11.0. The molecule has 0 aliphatic carbocycles. The van der Waals surface area contributed by atoms with E-state index in [-0.39, 0.29) is 12.5 Å². The van der Waals surface area contributed by atoms with Crippen LogP contribution in [0.5, 0.6) is 5.75 Å². The highest BCUT2D eigenvalue weighted by atomic mass is 32.1. The second-order valence-corrected chi connectivity index (χ2v) is 6.06. The molecule has 0 bridgehead atoms. The molecule has 1 atom stereocenters. The van der Waals surface area contributed by atoms with Gasteiger partial charge in [0, 0.05) is 18.5 Å². The smallest absolute Gasteiger partial charge is 0.308 e. The molecule has 1 aliphatic rings. The molecule has 1 saturated heterocycles. The Morgan fingerprint density at radius 2 is 2.22 bits per heavy atom. The zero-order valence-electron chi connectivity index (χ0n) is 12.3. The molecular formula is C16H16N2O4S. The van der Waals surface area contributed by atoms with Gasteiger partial charge in [-0.25, -0.2) is 4.98 Å². The van der Waals surface area contributed by atoms with Gasteiger partial charge in [-0.1, -0.05) is 12.1 Å². The van der Waals surface area contributed by atoms with Gasteiger partial charge in [0.05, 0.1) is 22.7 Å². The summed E-state index contributed by atoms with van der Waals surface area (Å²) >= 11 is 1.49. The number of carboxylic acids is 1. The van der Waals surface area contributed by atoms with Crippen molar-refractivity contribution in [1.29, 1.82) is 0 Å². The molecule has 120 valence electrons. The summed E-state index contributed by atoms with van der Waals surface area (Å²) < 4.78 is 5.72. The monoisotopic (exact) mass is 332 g/mol. The number of likely N-dealkylation sites (tertiary alicyclic amines) is 1. The number of carbonyl (C=O) groups excluding carboxylic acids is 1. The zero-order chi connectivity index (χ0) is 16.2. The number of benzene rings is 1. The normalized spacial score (nSPS) is 17.2. The first kappa shape index (κ1) is 15.5. The van der Waals surface area contributed by atoms with Crippen LogP contribution in [0, 0.1) is 5.92 Å². The average Bonchev–Trinajstić information content (AvgIpc) is 3.24. The minimum Gasteiger partial charge on any atom is -0.486 e. The fourth-order valence-corrected chi connectivity index (χ4v) is 3.09. The number of thiazole rings is 1. The van der Waals surface area contributed by atoms with E-state index in [1.807, 2.05) is 5.38 Å². The number of hydrogen-bond donors (Lipinski definition) is 1. The van der Waals surface area contributed by atoms with Gasteiger partial charge in [-0.05, 0) is 18.6 Å². The van der Waals surface area contributed by atoms with Gasteiger partial charge in [0.1, 0.15) is 12.4 Å². The maximum absolute atomic E-state index is 12.6.